The summed E-state index contributed by atoms with van der Waals surface area (Å²) in [5.74, 6) is 0. The molecule has 0 aromatic heterocycles. The first-order valence-electron chi connectivity index (χ1n) is 3.51. The number of aliphatic hydroxyl groups is 1. The molecule has 11 heavy (non-hydrogen) atoms. The number of aliphatic hydroxyl groups excluding tert-OH is 1. The van der Waals surface area contributed by atoms with Crippen LogP contribution in [0.25, 0.3) is 0 Å². The van der Waals surface area contributed by atoms with Gasteiger partial charge in [0.15, 0.2) is 0 Å². The lowest BCUT2D eigenvalue weighted by atomic mass is 10.0. The number of rotatable bonds is 1. The van der Waals surface area contributed by atoms with Crippen LogP contribution < -0.4 is 0 Å². The molecule has 0 atom stereocenters. The summed E-state index contributed by atoms with van der Waals surface area (Å²) in [5, 5.41) is 8.97. The summed E-state index contributed by atoms with van der Waals surface area (Å²) < 4.78 is 1.07. The molecule has 0 heterocycles. The van der Waals surface area contributed by atoms with E-state index in [4.69, 9.17) is 5.11 Å². The van der Waals surface area contributed by atoms with Gasteiger partial charge >= 0.3 is 0 Å². The molecule has 1 nitrogen and oxygen atoms in total. The van der Waals surface area contributed by atoms with Gasteiger partial charge in [-0.15, -0.1) is 0 Å². The van der Waals surface area contributed by atoms with Crippen LogP contribution in [0, 0.1) is 13.8 Å². The number of hydrogen-bond acceptors (Lipinski definition) is 1. The minimum atomic E-state index is 0.130. The molecule has 0 unspecified atom stereocenters. The summed E-state index contributed by atoms with van der Waals surface area (Å²) >= 11 is 3.39. The van der Waals surface area contributed by atoms with Crippen LogP contribution >= 0.6 is 15.9 Å². The van der Waals surface area contributed by atoms with Gasteiger partial charge < -0.3 is 5.11 Å². The number of hydrogen-bond donors (Lipinski definition) is 1. The van der Waals surface area contributed by atoms with E-state index in [9.17, 15) is 0 Å². The molecule has 0 saturated carbocycles. The van der Waals surface area contributed by atoms with Gasteiger partial charge in [0.2, 0.25) is 0 Å². The Morgan fingerprint density at radius 2 is 1.73 bits per heavy atom. The average Bonchev–Trinajstić information content (AvgIpc) is 1.85. The highest BCUT2D eigenvalue weighted by molar-refractivity contribution is 9.10. The van der Waals surface area contributed by atoms with Crippen molar-refractivity contribution in [2.45, 2.75) is 20.5 Å². The van der Waals surface area contributed by atoms with E-state index in [2.05, 4.69) is 15.9 Å². The Balaban J connectivity index is 3.25. The van der Waals surface area contributed by atoms with Crippen molar-refractivity contribution in [1.82, 2.24) is 0 Å². The van der Waals surface area contributed by atoms with Crippen molar-refractivity contribution in [2.24, 2.45) is 0 Å². The van der Waals surface area contributed by atoms with Crippen molar-refractivity contribution < 1.29 is 5.11 Å². The van der Waals surface area contributed by atoms with Crippen LogP contribution in [-0.4, -0.2) is 5.11 Å². The van der Waals surface area contributed by atoms with Gasteiger partial charge in [-0.25, -0.2) is 0 Å². The highest BCUT2D eigenvalue weighted by Crippen LogP contribution is 2.20. The molecular formula is C9H11BrO. The fraction of sp³-hybridized carbons (Fsp3) is 0.333. The second-order valence-corrected chi connectivity index (χ2v) is 3.59. The first-order chi connectivity index (χ1) is 5.15. The highest BCUT2D eigenvalue weighted by atomic mass is 79.9. The normalized spacial score (nSPS) is 10.2. The van der Waals surface area contributed by atoms with E-state index < -0.39 is 0 Å². The molecule has 0 bridgehead atoms. The molecule has 0 aliphatic carbocycles. The molecule has 0 spiro atoms. The van der Waals surface area contributed by atoms with Gasteiger partial charge in [-0.3, -0.25) is 0 Å². The summed E-state index contributed by atoms with van der Waals surface area (Å²) in [5.41, 5.74) is 3.31. The molecule has 1 N–H and O–H groups in total. The SMILES string of the molecule is Cc1cc(Br)cc(C)c1CO. The predicted octanol–water partition coefficient (Wildman–Crippen LogP) is 2.56. The maximum Gasteiger partial charge on any atom is 0.0686 e. The Hall–Kier alpha value is -0.340. The lowest BCUT2D eigenvalue weighted by molar-refractivity contribution is 0.280. The third-order valence-corrected chi connectivity index (χ3v) is 2.28. The molecule has 0 aliphatic heterocycles. The van der Waals surface area contributed by atoms with Gasteiger partial charge in [-0.05, 0) is 42.7 Å². The lowest BCUT2D eigenvalue weighted by Crippen LogP contribution is -1.92. The predicted molar refractivity (Wildman–Crippen MR) is 49.5 cm³/mol. The van der Waals surface area contributed by atoms with Gasteiger partial charge in [0.1, 0.15) is 0 Å². The fourth-order valence-electron chi connectivity index (χ4n) is 1.19. The minimum Gasteiger partial charge on any atom is -0.392 e. The lowest BCUT2D eigenvalue weighted by Gasteiger charge is -2.06. The molecule has 0 radical (unpaired) electrons. The molecule has 0 saturated heterocycles. The van der Waals surface area contributed by atoms with E-state index in [-0.39, 0.29) is 6.61 Å². The van der Waals surface area contributed by atoms with Crippen molar-refractivity contribution in [3.05, 3.63) is 33.3 Å². The van der Waals surface area contributed by atoms with Crippen LogP contribution in [0.15, 0.2) is 16.6 Å². The van der Waals surface area contributed by atoms with Crippen LogP contribution in [-0.2, 0) is 6.61 Å². The molecule has 2 heteroatoms. The Morgan fingerprint density at radius 1 is 1.27 bits per heavy atom. The smallest absolute Gasteiger partial charge is 0.0686 e. The number of aryl methyl sites for hydroxylation is 2. The van der Waals surface area contributed by atoms with Crippen LogP contribution in [0.3, 0.4) is 0 Å². The summed E-state index contributed by atoms with van der Waals surface area (Å²) in [6.45, 7) is 4.14. The van der Waals surface area contributed by atoms with E-state index >= 15 is 0 Å². The van der Waals surface area contributed by atoms with E-state index in [1.54, 1.807) is 0 Å². The van der Waals surface area contributed by atoms with Gasteiger partial charge in [0.05, 0.1) is 6.61 Å². The van der Waals surface area contributed by atoms with Crippen molar-refractivity contribution in [1.29, 1.82) is 0 Å². The monoisotopic (exact) mass is 214 g/mol. The van der Waals surface area contributed by atoms with E-state index in [1.165, 1.54) is 0 Å². The summed E-state index contributed by atoms with van der Waals surface area (Å²) in [7, 11) is 0. The van der Waals surface area contributed by atoms with Crippen LogP contribution in [0.1, 0.15) is 16.7 Å². The second kappa shape index (κ2) is 3.37. The zero-order valence-electron chi connectivity index (χ0n) is 6.69. The quantitative estimate of drug-likeness (QED) is 0.763. The van der Waals surface area contributed by atoms with Gasteiger partial charge in [0, 0.05) is 4.47 Å². The molecular weight excluding hydrogens is 204 g/mol. The first-order valence-corrected chi connectivity index (χ1v) is 4.31. The molecule has 0 fully saturated rings. The molecule has 1 aromatic carbocycles. The Labute approximate surface area is 75.2 Å². The van der Waals surface area contributed by atoms with Gasteiger partial charge in [-0.2, -0.15) is 0 Å². The molecule has 0 amide bonds. The summed E-state index contributed by atoms with van der Waals surface area (Å²) in [4.78, 5) is 0. The minimum absolute atomic E-state index is 0.130. The third-order valence-electron chi connectivity index (χ3n) is 1.82. The van der Waals surface area contributed by atoms with Gasteiger partial charge in [-0.1, -0.05) is 15.9 Å². The second-order valence-electron chi connectivity index (χ2n) is 2.68. The zero-order valence-corrected chi connectivity index (χ0v) is 8.27. The van der Waals surface area contributed by atoms with Crippen molar-refractivity contribution in [3.63, 3.8) is 0 Å². The largest absolute Gasteiger partial charge is 0.392 e. The van der Waals surface area contributed by atoms with Crippen LogP contribution in [0.4, 0.5) is 0 Å². The van der Waals surface area contributed by atoms with Crippen LogP contribution in [0.5, 0.6) is 0 Å². The molecule has 60 valence electrons. The maximum absolute atomic E-state index is 8.97. The van der Waals surface area contributed by atoms with E-state index in [1.807, 2.05) is 26.0 Å². The maximum atomic E-state index is 8.97. The number of halogens is 1. The number of benzene rings is 1. The van der Waals surface area contributed by atoms with Crippen molar-refractivity contribution >= 4 is 15.9 Å². The fourth-order valence-corrected chi connectivity index (χ4v) is 1.88. The third kappa shape index (κ3) is 1.82. The summed E-state index contributed by atoms with van der Waals surface area (Å²) in [6, 6.07) is 4.02. The Kier molecular flexibility index (Phi) is 2.68. The zero-order chi connectivity index (χ0) is 8.43. The summed E-state index contributed by atoms with van der Waals surface area (Å²) in [6.07, 6.45) is 0. The van der Waals surface area contributed by atoms with Crippen molar-refractivity contribution in [2.75, 3.05) is 0 Å². The van der Waals surface area contributed by atoms with E-state index in [0.29, 0.717) is 0 Å². The Bertz CT molecular complexity index is 245. The molecule has 1 aromatic rings. The highest BCUT2D eigenvalue weighted by Gasteiger charge is 2.01. The Morgan fingerprint density at radius 3 is 2.09 bits per heavy atom. The van der Waals surface area contributed by atoms with Crippen molar-refractivity contribution in [3.8, 4) is 0 Å². The van der Waals surface area contributed by atoms with Crippen LogP contribution in [0.2, 0.25) is 0 Å². The van der Waals surface area contributed by atoms with E-state index in [0.717, 1.165) is 21.2 Å². The standard InChI is InChI=1S/C9H11BrO/c1-6-3-8(10)4-7(2)9(6)5-11/h3-4,11H,5H2,1-2H3. The topological polar surface area (TPSA) is 20.2 Å². The molecule has 0 aliphatic rings. The molecule has 1 rings (SSSR count). The average molecular weight is 215 g/mol. The first kappa shape index (κ1) is 8.75. The van der Waals surface area contributed by atoms with Gasteiger partial charge in [0.25, 0.3) is 0 Å².